The molecule has 5 rings (SSSR count). The number of hydrogen-bond donors (Lipinski definition) is 0. The molecule has 1 atom stereocenters. The SMILES string of the molecule is COc1cccc(Cc2cnc(C3CCCN(C(=O)c4cc(-c5cn(C)nc5C)no4)C3)o2)c1. The number of aromatic nitrogens is 4. The van der Waals surface area contributed by atoms with Crippen molar-refractivity contribution < 1.29 is 18.5 Å². The third-order valence-electron chi connectivity index (χ3n) is 6.15. The Morgan fingerprint density at radius 3 is 2.97 bits per heavy atom. The van der Waals surface area contributed by atoms with Gasteiger partial charge in [-0.2, -0.15) is 5.10 Å². The zero-order chi connectivity index (χ0) is 23.7. The quantitative estimate of drug-likeness (QED) is 0.428. The Hall–Kier alpha value is -3.88. The Morgan fingerprint density at radius 2 is 2.18 bits per heavy atom. The van der Waals surface area contributed by atoms with Crippen molar-refractivity contribution >= 4 is 5.91 Å². The number of hydrogen-bond acceptors (Lipinski definition) is 7. The summed E-state index contributed by atoms with van der Waals surface area (Å²) < 4.78 is 18.5. The number of carbonyl (C=O) groups is 1. The second kappa shape index (κ2) is 9.17. The largest absolute Gasteiger partial charge is 0.497 e. The van der Waals surface area contributed by atoms with Crippen LogP contribution in [0.2, 0.25) is 0 Å². The number of amides is 1. The summed E-state index contributed by atoms with van der Waals surface area (Å²) >= 11 is 0. The van der Waals surface area contributed by atoms with E-state index < -0.39 is 0 Å². The normalized spacial score (nSPS) is 16.1. The summed E-state index contributed by atoms with van der Waals surface area (Å²) in [6.45, 7) is 3.09. The molecule has 1 fully saturated rings. The van der Waals surface area contributed by atoms with Gasteiger partial charge in [-0.1, -0.05) is 17.3 Å². The number of rotatable bonds is 6. The molecule has 0 radical (unpaired) electrons. The number of piperidine rings is 1. The highest BCUT2D eigenvalue weighted by molar-refractivity contribution is 5.92. The lowest BCUT2D eigenvalue weighted by Gasteiger charge is -2.30. The second-order valence-electron chi connectivity index (χ2n) is 8.66. The van der Waals surface area contributed by atoms with Crippen molar-refractivity contribution in [1.29, 1.82) is 0 Å². The molecule has 9 nitrogen and oxygen atoms in total. The van der Waals surface area contributed by atoms with Crippen LogP contribution < -0.4 is 4.74 Å². The molecular weight excluding hydrogens is 434 g/mol. The minimum Gasteiger partial charge on any atom is -0.497 e. The molecule has 0 saturated carbocycles. The van der Waals surface area contributed by atoms with Gasteiger partial charge in [-0.25, -0.2) is 4.98 Å². The fourth-order valence-corrected chi connectivity index (χ4v) is 4.45. The van der Waals surface area contributed by atoms with Gasteiger partial charge >= 0.3 is 0 Å². The summed E-state index contributed by atoms with van der Waals surface area (Å²) in [4.78, 5) is 19.4. The minimum absolute atomic E-state index is 0.0414. The maximum Gasteiger partial charge on any atom is 0.292 e. The predicted molar refractivity (Wildman–Crippen MR) is 124 cm³/mol. The molecule has 0 aliphatic carbocycles. The molecule has 0 N–H and O–H groups in total. The number of ether oxygens (including phenoxy) is 1. The summed E-state index contributed by atoms with van der Waals surface area (Å²) in [6.07, 6.45) is 6.05. The molecule has 1 unspecified atom stereocenters. The van der Waals surface area contributed by atoms with Gasteiger partial charge < -0.3 is 18.6 Å². The molecule has 3 aromatic heterocycles. The fourth-order valence-electron chi connectivity index (χ4n) is 4.45. The Balaban J connectivity index is 1.26. The van der Waals surface area contributed by atoms with Crippen molar-refractivity contribution in [3.8, 4) is 17.0 Å². The van der Waals surface area contributed by atoms with E-state index in [4.69, 9.17) is 13.7 Å². The lowest BCUT2D eigenvalue weighted by molar-refractivity contribution is 0.0656. The Kier molecular flexibility index (Phi) is 5.91. The number of benzene rings is 1. The highest BCUT2D eigenvalue weighted by Gasteiger charge is 2.30. The molecule has 9 heteroatoms. The molecule has 176 valence electrons. The van der Waals surface area contributed by atoms with Crippen molar-refractivity contribution in [3.05, 3.63) is 71.4 Å². The van der Waals surface area contributed by atoms with E-state index >= 15 is 0 Å². The van der Waals surface area contributed by atoms with Crippen molar-refractivity contribution in [1.82, 2.24) is 24.8 Å². The maximum absolute atomic E-state index is 13.1. The maximum atomic E-state index is 13.1. The van der Waals surface area contributed by atoms with Crippen LogP contribution in [0.15, 0.2) is 51.7 Å². The van der Waals surface area contributed by atoms with E-state index in [0.29, 0.717) is 31.1 Å². The van der Waals surface area contributed by atoms with E-state index in [1.54, 1.807) is 29.0 Å². The number of carbonyl (C=O) groups excluding carboxylic acids is 1. The third-order valence-corrected chi connectivity index (χ3v) is 6.15. The Labute approximate surface area is 197 Å². The fraction of sp³-hybridized carbons (Fsp3) is 0.360. The van der Waals surface area contributed by atoms with Crippen molar-refractivity contribution in [2.45, 2.75) is 32.1 Å². The predicted octanol–water partition coefficient (Wildman–Crippen LogP) is 3.99. The van der Waals surface area contributed by atoms with Gasteiger partial charge in [0.1, 0.15) is 17.2 Å². The number of aryl methyl sites for hydroxylation is 2. The molecule has 1 aromatic carbocycles. The Bertz CT molecular complexity index is 1300. The Morgan fingerprint density at radius 1 is 1.29 bits per heavy atom. The molecule has 0 spiro atoms. The highest BCUT2D eigenvalue weighted by Crippen LogP contribution is 2.29. The highest BCUT2D eigenvalue weighted by atomic mass is 16.5. The summed E-state index contributed by atoms with van der Waals surface area (Å²) in [5.41, 5.74) is 3.39. The van der Waals surface area contributed by atoms with E-state index in [2.05, 4.69) is 15.2 Å². The van der Waals surface area contributed by atoms with Crippen LogP contribution in [0.4, 0.5) is 0 Å². The van der Waals surface area contributed by atoms with Gasteiger partial charge in [-0.05, 0) is 37.5 Å². The van der Waals surface area contributed by atoms with Gasteiger partial charge in [0, 0.05) is 44.4 Å². The molecule has 4 heterocycles. The molecule has 0 bridgehead atoms. The van der Waals surface area contributed by atoms with Crippen LogP contribution >= 0.6 is 0 Å². The molecule has 1 aliphatic rings. The van der Waals surface area contributed by atoms with E-state index in [-0.39, 0.29) is 17.6 Å². The van der Waals surface area contributed by atoms with Gasteiger partial charge in [-0.3, -0.25) is 9.48 Å². The van der Waals surface area contributed by atoms with E-state index in [9.17, 15) is 4.79 Å². The number of nitrogens with zero attached hydrogens (tertiary/aromatic N) is 5. The van der Waals surface area contributed by atoms with Gasteiger partial charge in [0.15, 0.2) is 5.89 Å². The van der Waals surface area contributed by atoms with Crippen LogP contribution in [-0.4, -0.2) is 50.9 Å². The minimum atomic E-state index is -0.173. The number of oxazole rings is 1. The van der Waals surface area contributed by atoms with Crippen LogP contribution in [0.1, 0.15) is 52.2 Å². The van der Waals surface area contributed by atoms with Crippen LogP contribution in [0.3, 0.4) is 0 Å². The van der Waals surface area contributed by atoms with E-state index in [1.165, 1.54) is 0 Å². The summed E-state index contributed by atoms with van der Waals surface area (Å²) in [7, 11) is 3.50. The summed E-state index contributed by atoms with van der Waals surface area (Å²) in [5, 5.41) is 8.42. The second-order valence-corrected chi connectivity index (χ2v) is 8.66. The average molecular weight is 462 g/mol. The monoisotopic (exact) mass is 461 g/mol. The third kappa shape index (κ3) is 4.46. The molecule has 1 saturated heterocycles. The molecule has 4 aromatic rings. The first kappa shape index (κ1) is 21.9. The van der Waals surface area contributed by atoms with Crippen LogP contribution in [0.5, 0.6) is 5.75 Å². The number of likely N-dealkylation sites (tertiary alicyclic amines) is 1. The van der Waals surface area contributed by atoms with Gasteiger partial charge in [0.25, 0.3) is 5.91 Å². The molecule has 34 heavy (non-hydrogen) atoms. The number of methoxy groups -OCH3 is 1. The molecular formula is C25H27N5O4. The first-order chi connectivity index (χ1) is 16.5. The zero-order valence-electron chi connectivity index (χ0n) is 19.5. The zero-order valence-corrected chi connectivity index (χ0v) is 19.5. The van der Waals surface area contributed by atoms with Crippen molar-refractivity contribution in [2.24, 2.45) is 7.05 Å². The average Bonchev–Trinajstić information content (AvgIpc) is 3.59. The summed E-state index contributed by atoms with van der Waals surface area (Å²) in [6, 6.07) is 9.58. The lowest BCUT2D eigenvalue weighted by Crippen LogP contribution is -2.39. The van der Waals surface area contributed by atoms with Gasteiger partial charge in [0.2, 0.25) is 5.76 Å². The summed E-state index contributed by atoms with van der Waals surface area (Å²) in [5.74, 6) is 2.36. The first-order valence-electron chi connectivity index (χ1n) is 11.3. The van der Waals surface area contributed by atoms with Crippen LogP contribution in [0, 0.1) is 6.92 Å². The smallest absolute Gasteiger partial charge is 0.292 e. The first-order valence-corrected chi connectivity index (χ1v) is 11.3. The van der Waals surface area contributed by atoms with E-state index in [0.717, 1.165) is 41.2 Å². The van der Waals surface area contributed by atoms with Gasteiger partial charge in [-0.15, -0.1) is 0 Å². The van der Waals surface area contributed by atoms with Crippen molar-refractivity contribution in [3.63, 3.8) is 0 Å². The lowest BCUT2D eigenvalue weighted by atomic mass is 9.98. The standard InChI is InChI=1S/C25H27N5O4/c1-16-21(15-29(2)27-16)22-12-23(34-28-22)25(31)30-9-5-7-18(14-30)24-26-13-20(33-24)11-17-6-4-8-19(10-17)32-3/h4,6,8,10,12-13,15,18H,5,7,9,11,14H2,1-3H3. The topological polar surface area (TPSA) is 99.4 Å². The van der Waals surface area contributed by atoms with Crippen molar-refractivity contribution in [2.75, 3.05) is 20.2 Å². The van der Waals surface area contributed by atoms with Crippen LogP contribution in [0.25, 0.3) is 11.3 Å². The molecule has 1 amide bonds. The van der Waals surface area contributed by atoms with E-state index in [1.807, 2.05) is 44.4 Å². The van der Waals surface area contributed by atoms with Crippen LogP contribution in [-0.2, 0) is 13.5 Å². The van der Waals surface area contributed by atoms with Gasteiger partial charge in [0.05, 0.1) is 24.9 Å². The molecule has 1 aliphatic heterocycles.